The lowest BCUT2D eigenvalue weighted by Crippen LogP contribution is -2.49. The fourth-order valence-corrected chi connectivity index (χ4v) is 4.25. The summed E-state index contributed by atoms with van der Waals surface area (Å²) in [5.41, 5.74) is 0. The molecule has 0 aromatic heterocycles. The quantitative estimate of drug-likeness (QED) is 0.780. The first kappa shape index (κ1) is 11.5. The number of rotatable bonds is 2. The van der Waals surface area contributed by atoms with Crippen LogP contribution in [0.5, 0.6) is 0 Å². The van der Waals surface area contributed by atoms with Gasteiger partial charge in [0.25, 0.3) is 0 Å². The zero-order valence-corrected chi connectivity index (χ0v) is 10.5. The number of likely N-dealkylation sites (N-methyl/N-ethyl adjacent to an activating group) is 1. The van der Waals surface area contributed by atoms with E-state index < -0.39 is 5.97 Å². The number of nitrogens with zero attached hydrogens (tertiary/aromatic N) is 2. The number of aliphatic carboxylic acids is 1. The topological polar surface area (TPSA) is 43.8 Å². The highest BCUT2D eigenvalue weighted by molar-refractivity contribution is 5.71. The van der Waals surface area contributed by atoms with Crippen molar-refractivity contribution in [2.24, 2.45) is 5.92 Å². The molecule has 3 saturated heterocycles. The molecular formula is C13H22N2O2. The first-order chi connectivity index (χ1) is 8.16. The lowest BCUT2D eigenvalue weighted by molar-refractivity contribution is -0.142. The molecule has 0 aliphatic carbocycles. The maximum absolute atomic E-state index is 11.2. The van der Waals surface area contributed by atoms with E-state index in [9.17, 15) is 9.90 Å². The van der Waals surface area contributed by atoms with Gasteiger partial charge in [-0.3, -0.25) is 9.69 Å². The SMILES string of the molecule is CN1CCCC(N2C3CCC2C(C(=O)O)C3)C1. The minimum Gasteiger partial charge on any atom is -0.481 e. The lowest BCUT2D eigenvalue weighted by Gasteiger charge is -2.38. The molecule has 4 heteroatoms. The third-order valence-electron chi connectivity index (χ3n) is 4.93. The molecule has 17 heavy (non-hydrogen) atoms. The number of likely N-dealkylation sites (tertiary alicyclic amines) is 1. The summed E-state index contributed by atoms with van der Waals surface area (Å²) in [5, 5.41) is 9.27. The molecule has 0 spiro atoms. The average molecular weight is 238 g/mol. The highest BCUT2D eigenvalue weighted by Crippen LogP contribution is 2.44. The van der Waals surface area contributed by atoms with Crippen molar-refractivity contribution < 1.29 is 9.90 Å². The van der Waals surface area contributed by atoms with Gasteiger partial charge in [0.1, 0.15) is 0 Å². The molecular weight excluding hydrogens is 216 g/mol. The van der Waals surface area contributed by atoms with Crippen LogP contribution in [0.2, 0.25) is 0 Å². The molecule has 0 radical (unpaired) electrons. The van der Waals surface area contributed by atoms with E-state index in [1.807, 2.05) is 0 Å². The number of hydrogen-bond acceptors (Lipinski definition) is 3. The summed E-state index contributed by atoms with van der Waals surface area (Å²) in [6, 6.07) is 1.49. The Hall–Kier alpha value is -0.610. The Balaban J connectivity index is 1.74. The highest BCUT2D eigenvalue weighted by atomic mass is 16.4. The average Bonchev–Trinajstić information content (AvgIpc) is 2.85. The fourth-order valence-electron chi connectivity index (χ4n) is 4.25. The molecule has 0 aromatic carbocycles. The van der Waals surface area contributed by atoms with Crippen LogP contribution in [-0.4, -0.2) is 59.1 Å². The van der Waals surface area contributed by atoms with Gasteiger partial charge >= 0.3 is 5.97 Å². The van der Waals surface area contributed by atoms with Gasteiger partial charge in [-0.2, -0.15) is 0 Å². The lowest BCUT2D eigenvalue weighted by atomic mass is 9.89. The van der Waals surface area contributed by atoms with Crippen molar-refractivity contribution in [3.05, 3.63) is 0 Å². The third-order valence-corrected chi connectivity index (χ3v) is 4.93. The van der Waals surface area contributed by atoms with Crippen molar-refractivity contribution in [2.45, 2.75) is 50.2 Å². The van der Waals surface area contributed by atoms with Gasteiger partial charge in [-0.1, -0.05) is 0 Å². The zero-order valence-electron chi connectivity index (χ0n) is 10.5. The van der Waals surface area contributed by atoms with Crippen molar-refractivity contribution in [2.75, 3.05) is 20.1 Å². The van der Waals surface area contributed by atoms with Crippen LogP contribution in [-0.2, 0) is 4.79 Å². The smallest absolute Gasteiger partial charge is 0.308 e. The predicted molar refractivity (Wildman–Crippen MR) is 64.9 cm³/mol. The van der Waals surface area contributed by atoms with E-state index in [1.54, 1.807) is 0 Å². The molecule has 3 fully saturated rings. The van der Waals surface area contributed by atoms with E-state index in [1.165, 1.54) is 25.8 Å². The van der Waals surface area contributed by atoms with Gasteiger partial charge < -0.3 is 10.0 Å². The van der Waals surface area contributed by atoms with Crippen molar-refractivity contribution in [3.8, 4) is 0 Å². The summed E-state index contributed by atoms with van der Waals surface area (Å²) >= 11 is 0. The van der Waals surface area contributed by atoms with Crippen LogP contribution >= 0.6 is 0 Å². The van der Waals surface area contributed by atoms with E-state index >= 15 is 0 Å². The van der Waals surface area contributed by atoms with Gasteiger partial charge in [-0.15, -0.1) is 0 Å². The Morgan fingerprint density at radius 1 is 1.24 bits per heavy atom. The summed E-state index contributed by atoms with van der Waals surface area (Å²) in [5.74, 6) is -0.674. The maximum Gasteiger partial charge on any atom is 0.308 e. The number of carboxylic acids is 1. The summed E-state index contributed by atoms with van der Waals surface area (Å²) in [4.78, 5) is 16.2. The number of fused-ring (bicyclic) bond motifs is 2. The van der Waals surface area contributed by atoms with Crippen molar-refractivity contribution in [1.29, 1.82) is 0 Å². The Morgan fingerprint density at radius 3 is 2.71 bits per heavy atom. The van der Waals surface area contributed by atoms with Crippen LogP contribution < -0.4 is 0 Å². The second kappa shape index (κ2) is 4.25. The minimum absolute atomic E-state index is 0.0963. The van der Waals surface area contributed by atoms with E-state index in [0.29, 0.717) is 18.1 Å². The zero-order chi connectivity index (χ0) is 12.0. The fraction of sp³-hybridized carbons (Fsp3) is 0.923. The van der Waals surface area contributed by atoms with Crippen molar-refractivity contribution in [1.82, 2.24) is 9.80 Å². The Labute approximate surface area is 103 Å². The Bertz CT molecular complexity index is 321. The predicted octanol–water partition coefficient (Wildman–Crippen LogP) is 1.02. The first-order valence-corrected chi connectivity index (χ1v) is 6.85. The number of carboxylic acid groups (broad SMARTS) is 1. The molecule has 3 aliphatic rings. The molecule has 4 atom stereocenters. The van der Waals surface area contributed by atoms with Gasteiger partial charge in [0.05, 0.1) is 5.92 Å². The van der Waals surface area contributed by atoms with E-state index in [2.05, 4.69) is 16.8 Å². The van der Waals surface area contributed by atoms with Gasteiger partial charge in [-0.25, -0.2) is 0 Å². The molecule has 96 valence electrons. The molecule has 3 rings (SSSR count). The molecule has 0 aromatic rings. The largest absolute Gasteiger partial charge is 0.481 e. The van der Waals surface area contributed by atoms with Gasteiger partial charge in [0.15, 0.2) is 0 Å². The standard InChI is InChI=1S/C13H22N2O2/c1-14-6-2-3-10(8-14)15-9-4-5-12(15)11(7-9)13(16)17/h9-12H,2-8H2,1H3,(H,16,17). The van der Waals surface area contributed by atoms with Crippen LogP contribution in [0.25, 0.3) is 0 Å². The second-order valence-corrected chi connectivity index (χ2v) is 5.98. The molecule has 2 bridgehead atoms. The Kier molecular flexibility index (Phi) is 2.87. The summed E-state index contributed by atoms with van der Waals surface area (Å²) in [7, 11) is 2.18. The Morgan fingerprint density at radius 2 is 2.06 bits per heavy atom. The third kappa shape index (κ3) is 1.87. The summed E-state index contributed by atoms with van der Waals surface area (Å²) < 4.78 is 0. The monoisotopic (exact) mass is 238 g/mol. The van der Waals surface area contributed by atoms with Gasteiger partial charge in [0, 0.05) is 24.7 Å². The molecule has 0 amide bonds. The molecule has 4 unspecified atom stereocenters. The maximum atomic E-state index is 11.2. The number of hydrogen-bond donors (Lipinski definition) is 1. The van der Waals surface area contributed by atoms with Crippen LogP contribution in [0.1, 0.15) is 32.1 Å². The van der Waals surface area contributed by atoms with Crippen LogP contribution in [0.4, 0.5) is 0 Å². The molecule has 0 saturated carbocycles. The summed E-state index contributed by atoms with van der Waals surface area (Å²) in [6.45, 7) is 2.32. The van der Waals surface area contributed by atoms with Crippen molar-refractivity contribution >= 4 is 5.97 Å². The van der Waals surface area contributed by atoms with Crippen molar-refractivity contribution in [3.63, 3.8) is 0 Å². The second-order valence-electron chi connectivity index (χ2n) is 5.98. The molecule has 3 heterocycles. The van der Waals surface area contributed by atoms with Crippen LogP contribution in [0.15, 0.2) is 0 Å². The van der Waals surface area contributed by atoms with E-state index in [0.717, 1.165) is 19.4 Å². The van der Waals surface area contributed by atoms with E-state index in [-0.39, 0.29) is 5.92 Å². The van der Waals surface area contributed by atoms with Crippen LogP contribution in [0, 0.1) is 5.92 Å². The molecule has 1 N–H and O–H groups in total. The molecule has 3 aliphatic heterocycles. The number of carbonyl (C=O) groups is 1. The van der Waals surface area contributed by atoms with Crippen LogP contribution in [0.3, 0.4) is 0 Å². The number of piperidine rings is 1. The minimum atomic E-state index is -0.577. The highest BCUT2D eigenvalue weighted by Gasteiger charge is 2.51. The van der Waals surface area contributed by atoms with E-state index in [4.69, 9.17) is 0 Å². The first-order valence-electron chi connectivity index (χ1n) is 6.85. The van der Waals surface area contributed by atoms with Gasteiger partial charge in [0.2, 0.25) is 0 Å². The van der Waals surface area contributed by atoms with Gasteiger partial charge in [-0.05, 0) is 45.7 Å². The normalized spacial score (nSPS) is 43.1. The molecule has 4 nitrogen and oxygen atoms in total. The summed E-state index contributed by atoms with van der Waals surface area (Å²) in [6.07, 6.45) is 5.72.